The highest BCUT2D eigenvalue weighted by Crippen LogP contribution is 2.32. The van der Waals surface area contributed by atoms with Crippen LogP contribution in [0, 0.1) is 0 Å². The van der Waals surface area contributed by atoms with Crippen molar-refractivity contribution in [2.75, 3.05) is 19.7 Å². The first kappa shape index (κ1) is 24.3. The monoisotopic (exact) mass is 490 g/mol. The Balaban J connectivity index is 1.35. The number of carbonyl (C=O) groups is 2. The highest BCUT2D eigenvalue weighted by molar-refractivity contribution is 5.86. The number of hydrogen-bond acceptors (Lipinski definition) is 5. The molecule has 1 aliphatic heterocycles. The molecule has 5 rings (SSSR count). The van der Waals surface area contributed by atoms with Crippen molar-refractivity contribution in [2.24, 2.45) is 0 Å². The van der Waals surface area contributed by atoms with E-state index in [0.717, 1.165) is 34.9 Å². The maximum absolute atomic E-state index is 13.7. The number of amides is 2. The lowest BCUT2D eigenvalue weighted by atomic mass is 10.1. The van der Waals surface area contributed by atoms with E-state index in [-0.39, 0.29) is 18.5 Å². The number of nitrogens with zero attached hydrogens (tertiary/aromatic N) is 4. The molecule has 8 heteroatoms. The Morgan fingerprint density at radius 2 is 1.97 bits per heavy atom. The lowest BCUT2D eigenvalue weighted by molar-refractivity contribution is -0.150. The van der Waals surface area contributed by atoms with Crippen molar-refractivity contribution in [2.45, 2.75) is 64.4 Å². The molecule has 1 saturated heterocycles. The zero-order valence-corrected chi connectivity index (χ0v) is 21.2. The molecule has 0 spiro atoms. The smallest absolute Gasteiger partial charge is 0.410 e. The third kappa shape index (κ3) is 5.54. The van der Waals surface area contributed by atoms with Crippen LogP contribution in [-0.2, 0) is 27.4 Å². The second-order valence-corrected chi connectivity index (χ2v) is 10.6. The van der Waals surface area contributed by atoms with Crippen molar-refractivity contribution in [1.82, 2.24) is 19.4 Å². The average Bonchev–Trinajstić information content (AvgIpc) is 3.65. The van der Waals surface area contributed by atoms with E-state index < -0.39 is 17.8 Å². The largest absolute Gasteiger partial charge is 0.444 e. The molecule has 0 bridgehead atoms. The van der Waals surface area contributed by atoms with Gasteiger partial charge in [-0.2, -0.15) is 0 Å². The number of fused-ring (bicyclic) bond motifs is 1. The highest BCUT2D eigenvalue weighted by Gasteiger charge is 2.39. The lowest BCUT2D eigenvalue weighted by Gasteiger charge is -2.35. The topological polar surface area (TPSA) is 76.9 Å². The molecule has 36 heavy (non-hydrogen) atoms. The van der Waals surface area contributed by atoms with Crippen molar-refractivity contribution in [3.8, 4) is 0 Å². The number of rotatable bonds is 6. The van der Waals surface area contributed by atoms with Gasteiger partial charge in [-0.15, -0.1) is 0 Å². The van der Waals surface area contributed by atoms with Gasteiger partial charge < -0.3 is 23.8 Å². The van der Waals surface area contributed by atoms with Gasteiger partial charge in [-0.05, 0) is 56.9 Å². The van der Waals surface area contributed by atoms with Gasteiger partial charge in [-0.3, -0.25) is 9.78 Å². The summed E-state index contributed by atoms with van der Waals surface area (Å²) in [6, 6.07) is 12.5. The van der Waals surface area contributed by atoms with Crippen molar-refractivity contribution in [3.63, 3.8) is 0 Å². The van der Waals surface area contributed by atoms with Gasteiger partial charge >= 0.3 is 6.09 Å². The molecule has 0 N–H and O–H groups in total. The molecule has 190 valence electrons. The van der Waals surface area contributed by atoms with Crippen LogP contribution in [0.15, 0.2) is 55.0 Å². The Hall–Kier alpha value is -3.39. The van der Waals surface area contributed by atoms with E-state index in [0.29, 0.717) is 26.2 Å². The number of benzene rings is 1. The minimum Gasteiger partial charge on any atom is -0.444 e. The summed E-state index contributed by atoms with van der Waals surface area (Å²) in [5, 5.41) is 1.14. The van der Waals surface area contributed by atoms with Gasteiger partial charge in [0.05, 0.1) is 13.2 Å². The van der Waals surface area contributed by atoms with Crippen LogP contribution in [0.4, 0.5) is 4.79 Å². The van der Waals surface area contributed by atoms with Gasteiger partial charge in [0.2, 0.25) is 0 Å². The van der Waals surface area contributed by atoms with Crippen LogP contribution < -0.4 is 0 Å². The molecular formula is C28H34N4O4. The Bertz CT molecular complexity index is 1230. The number of ether oxygens (including phenoxy) is 2. The third-order valence-electron chi connectivity index (χ3n) is 6.55. The first-order valence-electron chi connectivity index (χ1n) is 12.6. The Morgan fingerprint density at radius 1 is 1.17 bits per heavy atom. The predicted molar refractivity (Wildman–Crippen MR) is 136 cm³/mol. The summed E-state index contributed by atoms with van der Waals surface area (Å²) in [5.74, 6) is -0.0603. The number of hydrogen-bond donors (Lipinski definition) is 0. The van der Waals surface area contributed by atoms with Crippen LogP contribution in [0.1, 0.15) is 44.7 Å². The van der Waals surface area contributed by atoms with E-state index >= 15 is 0 Å². The summed E-state index contributed by atoms with van der Waals surface area (Å²) < 4.78 is 13.6. The van der Waals surface area contributed by atoms with Crippen molar-refractivity contribution in [3.05, 3.63) is 66.1 Å². The molecule has 1 atom stereocenters. The highest BCUT2D eigenvalue weighted by atomic mass is 16.6. The quantitative estimate of drug-likeness (QED) is 0.517. The maximum atomic E-state index is 13.7. The van der Waals surface area contributed by atoms with Crippen LogP contribution in [0.3, 0.4) is 0 Å². The molecule has 1 aliphatic carbocycles. The van der Waals surface area contributed by atoms with Crippen LogP contribution in [-0.4, -0.2) is 68.8 Å². The van der Waals surface area contributed by atoms with E-state index in [1.807, 2.05) is 50.1 Å². The second-order valence-electron chi connectivity index (χ2n) is 10.6. The van der Waals surface area contributed by atoms with Gasteiger partial charge in [0.1, 0.15) is 5.60 Å². The molecule has 2 aliphatic rings. The molecule has 1 aromatic carbocycles. The summed E-state index contributed by atoms with van der Waals surface area (Å²) in [5.41, 5.74) is 2.77. The van der Waals surface area contributed by atoms with Gasteiger partial charge in [-0.25, -0.2) is 4.79 Å². The van der Waals surface area contributed by atoms with Crippen molar-refractivity contribution >= 4 is 22.9 Å². The van der Waals surface area contributed by atoms with Gasteiger partial charge in [0.25, 0.3) is 5.91 Å². The predicted octanol–water partition coefficient (Wildman–Crippen LogP) is 4.21. The van der Waals surface area contributed by atoms with E-state index in [1.165, 1.54) is 0 Å². The van der Waals surface area contributed by atoms with Gasteiger partial charge in [0.15, 0.2) is 6.10 Å². The van der Waals surface area contributed by atoms with Crippen LogP contribution >= 0.6 is 0 Å². The fraction of sp³-hybridized carbons (Fsp3) is 0.464. The molecule has 8 nitrogen and oxygen atoms in total. The Kier molecular flexibility index (Phi) is 6.71. The molecule has 2 aromatic heterocycles. The summed E-state index contributed by atoms with van der Waals surface area (Å²) in [6.07, 6.45) is 6.69. The Morgan fingerprint density at radius 3 is 2.69 bits per heavy atom. The first-order chi connectivity index (χ1) is 17.3. The molecule has 0 radical (unpaired) electrons. The zero-order valence-electron chi connectivity index (χ0n) is 21.2. The van der Waals surface area contributed by atoms with Crippen LogP contribution in [0.5, 0.6) is 0 Å². The minimum atomic E-state index is -0.685. The minimum absolute atomic E-state index is 0.0603. The molecule has 3 heterocycles. The van der Waals surface area contributed by atoms with Crippen molar-refractivity contribution in [1.29, 1.82) is 0 Å². The Labute approximate surface area is 211 Å². The van der Waals surface area contributed by atoms with Gasteiger partial charge in [-0.1, -0.05) is 24.3 Å². The summed E-state index contributed by atoms with van der Waals surface area (Å²) >= 11 is 0. The van der Waals surface area contributed by atoms with E-state index in [2.05, 4.69) is 33.9 Å². The van der Waals surface area contributed by atoms with E-state index in [1.54, 1.807) is 11.1 Å². The van der Waals surface area contributed by atoms with E-state index in [9.17, 15) is 9.59 Å². The number of para-hydroxylation sites is 1. The fourth-order valence-electron chi connectivity index (χ4n) is 4.70. The molecular weight excluding hydrogens is 456 g/mol. The van der Waals surface area contributed by atoms with Crippen LogP contribution in [0.25, 0.3) is 10.9 Å². The second kappa shape index (κ2) is 9.93. The first-order valence-corrected chi connectivity index (χ1v) is 12.6. The number of pyridine rings is 1. The maximum Gasteiger partial charge on any atom is 0.410 e. The van der Waals surface area contributed by atoms with E-state index in [4.69, 9.17) is 9.47 Å². The number of carbonyl (C=O) groups excluding carboxylic acids is 2. The fourth-order valence-corrected chi connectivity index (χ4v) is 4.70. The summed E-state index contributed by atoms with van der Waals surface area (Å²) in [7, 11) is 0. The number of aromatic nitrogens is 2. The lowest BCUT2D eigenvalue weighted by Crippen LogP contribution is -2.53. The third-order valence-corrected chi connectivity index (χ3v) is 6.55. The molecule has 2 amide bonds. The molecule has 2 fully saturated rings. The summed E-state index contributed by atoms with van der Waals surface area (Å²) in [4.78, 5) is 34.1. The molecule has 1 saturated carbocycles. The number of morpholine rings is 1. The van der Waals surface area contributed by atoms with Gasteiger partial charge in [0, 0.05) is 55.2 Å². The zero-order chi connectivity index (χ0) is 25.3. The SMILES string of the molecule is CC(C)(C)OC(=O)N1CCOC(C(=O)N(Cc2cn(Cc3cccnc3)c3ccccc23)C2CC2)C1. The normalized spacial score (nSPS) is 18.3. The van der Waals surface area contributed by atoms with Crippen LogP contribution in [0.2, 0.25) is 0 Å². The van der Waals surface area contributed by atoms with Crippen molar-refractivity contribution < 1.29 is 19.1 Å². The summed E-state index contributed by atoms with van der Waals surface area (Å²) in [6.45, 7) is 7.69. The standard InChI is InChI=1S/C28H34N4O4/c1-28(2,3)36-27(34)30-13-14-35-25(19-30)26(33)32(22-10-11-22)18-21-17-31(16-20-7-6-12-29-15-20)24-9-5-4-8-23(21)24/h4-9,12,15,17,22,25H,10-11,13-14,16,18-19H2,1-3H3. The molecule has 1 unspecified atom stereocenters. The molecule has 3 aromatic rings. The average molecular weight is 491 g/mol.